The van der Waals surface area contributed by atoms with Crippen LogP contribution in [0.15, 0.2) is 82.0 Å². The van der Waals surface area contributed by atoms with Crippen molar-refractivity contribution in [3.05, 3.63) is 90.0 Å². The van der Waals surface area contributed by atoms with Crippen LogP contribution in [0.25, 0.3) is 21.7 Å². The van der Waals surface area contributed by atoms with Crippen LogP contribution in [0, 0.1) is 11.6 Å². The lowest BCUT2D eigenvalue weighted by molar-refractivity contribution is 0.593. The third-order valence-electron chi connectivity index (χ3n) is 4.71. The fourth-order valence-electron chi connectivity index (χ4n) is 3.09. The summed E-state index contributed by atoms with van der Waals surface area (Å²) < 4.78 is 75.7. The highest BCUT2D eigenvalue weighted by Gasteiger charge is 2.25. The van der Waals surface area contributed by atoms with Gasteiger partial charge in [-0.05, 0) is 47.5 Å². The summed E-state index contributed by atoms with van der Waals surface area (Å²) in [6.07, 6.45) is 0. The van der Waals surface area contributed by atoms with Crippen LogP contribution >= 0.6 is 11.3 Å². The van der Waals surface area contributed by atoms with E-state index in [4.69, 9.17) is 5.14 Å². The minimum atomic E-state index is -3.91. The average Bonchev–Trinajstić information content (AvgIpc) is 3.22. The minimum absolute atomic E-state index is 0.103. The van der Waals surface area contributed by atoms with Crippen molar-refractivity contribution in [1.29, 1.82) is 0 Å². The smallest absolute Gasteiger partial charge is 0.225 e. The van der Waals surface area contributed by atoms with Gasteiger partial charge in [0, 0.05) is 5.56 Å². The van der Waals surface area contributed by atoms with Gasteiger partial charge in [-0.3, -0.25) is 0 Å². The fourth-order valence-corrected chi connectivity index (χ4v) is 6.35. The summed E-state index contributed by atoms with van der Waals surface area (Å²) in [4.78, 5) is 4.70. The molecule has 0 amide bonds. The Balaban J connectivity index is 1.81. The molecular formula is C22H16F2N2O4S3. The molecule has 4 rings (SSSR count). The summed E-state index contributed by atoms with van der Waals surface area (Å²) >= 11 is 0.914. The standard InChI is InChI=1S/C22H16F2N2O4S3/c23-17-7-1-14(2-8-17)13-32(27,28)22-26-20(15-5-11-19(12-6-15)33(25,29)30)21(31-22)16-3-9-18(24)10-4-16/h1-12H,13H2,(H2,25,29,30). The van der Waals surface area contributed by atoms with Crippen LogP contribution in [0.3, 0.4) is 0 Å². The van der Waals surface area contributed by atoms with Crippen molar-refractivity contribution in [2.24, 2.45) is 5.14 Å². The molecule has 0 aliphatic rings. The molecule has 0 fully saturated rings. The summed E-state index contributed by atoms with van der Waals surface area (Å²) in [5, 5.41) is 5.14. The van der Waals surface area contributed by atoms with Gasteiger partial charge in [-0.15, -0.1) is 11.3 Å². The zero-order valence-corrected chi connectivity index (χ0v) is 19.2. The van der Waals surface area contributed by atoms with Crippen LogP contribution in [0.4, 0.5) is 8.78 Å². The Labute approximate surface area is 193 Å². The zero-order chi connectivity index (χ0) is 23.8. The molecule has 6 nitrogen and oxygen atoms in total. The molecule has 2 N–H and O–H groups in total. The SMILES string of the molecule is NS(=O)(=O)c1ccc(-c2nc(S(=O)(=O)Cc3ccc(F)cc3)sc2-c2ccc(F)cc2)cc1. The van der Waals surface area contributed by atoms with Gasteiger partial charge >= 0.3 is 0 Å². The van der Waals surface area contributed by atoms with Gasteiger partial charge in [0.1, 0.15) is 11.6 Å². The Morgan fingerprint density at radius 2 is 1.27 bits per heavy atom. The van der Waals surface area contributed by atoms with E-state index in [-0.39, 0.29) is 15.0 Å². The molecule has 0 bridgehead atoms. The number of nitrogens with two attached hydrogens (primary N) is 1. The third-order valence-corrected chi connectivity index (χ3v) is 8.88. The van der Waals surface area contributed by atoms with E-state index < -0.39 is 31.5 Å². The average molecular weight is 507 g/mol. The van der Waals surface area contributed by atoms with Gasteiger partial charge in [0.15, 0.2) is 0 Å². The molecule has 0 aliphatic carbocycles. The molecule has 4 aromatic rings. The number of hydrogen-bond acceptors (Lipinski definition) is 6. The summed E-state index contributed by atoms with van der Waals surface area (Å²) in [5.41, 5.74) is 1.70. The molecule has 1 aromatic heterocycles. The van der Waals surface area contributed by atoms with Crippen molar-refractivity contribution in [3.8, 4) is 21.7 Å². The monoisotopic (exact) mass is 506 g/mol. The highest BCUT2D eigenvalue weighted by molar-refractivity contribution is 7.92. The summed E-state index contributed by atoms with van der Waals surface area (Å²) in [6.45, 7) is 0. The predicted molar refractivity (Wildman–Crippen MR) is 122 cm³/mol. The molecule has 0 spiro atoms. The second-order valence-electron chi connectivity index (χ2n) is 7.12. The Kier molecular flexibility index (Phi) is 6.14. The normalized spacial score (nSPS) is 12.1. The second kappa shape index (κ2) is 8.75. The van der Waals surface area contributed by atoms with E-state index in [1.165, 1.54) is 72.8 Å². The summed E-state index contributed by atoms with van der Waals surface area (Å²) in [7, 11) is -7.80. The maximum Gasteiger partial charge on any atom is 0.238 e. The molecule has 3 aromatic carbocycles. The van der Waals surface area contributed by atoms with Gasteiger partial charge < -0.3 is 0 Å². The molecule has 11 heteroatoms. The van der Waals surface area contributed by atoms with E-state index in [9.17, 15) is 25.6 Å². The lowest BCUT2D eigenvalue weighted by Crippen LogP contribution is -2.11. The fraction of sp³-hybridized carbons (Fsp3) is 0.0455. The topological polar surface area (TPSA) is 107 Å². The van der Waals surface area contributed by atoms with E-state index in [1.54, 1.807) is 0 Å². The summed E-state index contributed by atoms with van der Waals surface area (Å²) in [5.74, 6) is -1.31. The lowest BCUT2D eigenvalue weighted by Gasteiger charge is -2.04. The minimum Gasteiger partial charge on any atom is -0.225 e. The van der Waals surface area contributed by atoms with Crippen molar-refractivity contribution in [3.63, 3.8) is 0 Å². The molecule has 0 unspecified atom stereocenters. The Morgan fingerprint density at radius 3 is 1.82 bits per heavy atom. The lowest BCUT2D eigenvalue weighted by atomic mass is 10.1. The largest absolute Gasteiger partial charge is 0.238 e. The highest BCUT2D eigenvalue weighted by Crippen LogP contribution is 2.39. The number of sulfone groups is 1. The maximum atomic E-state index is 13.4. The Bertz CT molecular complexity index is 1510. The van der Waals surface area contributed by atoms with E-state index in [1.807, 2.05) is 0 Å². The number of hydrogen-bond donors (Lipinski definition) is 1. The zero-order valence-electron chi connectivity index (χ0n) is 16.8. The third kappa shape index (κ3) is 5.17. The van der Waals surface area contributed by atoms with E-state index in [0.29, 0.717) is 27.3 Å². The first-order valence-electron chi connectivity index (χ1n) is 9.40. The van der Waals surface area contributed by atoms with Gasteiger partial charge in [-0.25, -0.2) is 35.7 Å². The Morgan fingerprint density at radius 1 is 0.758 bits per heavy atom. The van der Waals surface area contributed by atoms with Crippen LogP contribution in [0.5, 0.6) is 0 Å². The van der Waals surface area contributed by atoms with E-state index in [0.717, 1.165) is 11.3 Å². The van der Waals surface area contributed by atoms with Crippen LogP contribution in [-0.2, 0) is 25.6 Å². The molecule has 0 atom stereocenters. The molecular weight excluding hydrogens is 490 g/mol. The van der Waals surface area contributed by atoms with Crippen molar-refractivity contribution in [1.82, 2.24) is 4.98 Å². The molecule has 33 heavy (non-hydrogen) atoms. The van der Waals surface area contributed by atoms with Crippen molar-refractivity contribution < 1.29 is 25.6 Å². The number of thiazole rings is 1. The number of nitrogens with zero attached hydrogens (tertiary/aromatic N) is 1. The van der Waals surface area contributed by atoms with Crippen LogP contribution in [-0.4, -0.2) is 21.8 Å². The number of sulfonamides is 1. The molecule has 0 aliphatic heterocycles. The van der Waals surface area contributed by atoms with Crippen molar-refractivity contribution >= 4 is 31.2 Å². The second-order valence-corrected chi connectivity index (χ2v) is 11.8. The van der Waals surface area contributed by atoms with Gasteiger partial charge in [-0.1, -0.05) is 36.4 Å². The Hall–Kier alpha value is -2.99. The number of rotatable bonds is 6. The van der Waals surface area contributed by atoms with E-state index >= 15 is 0 Å². The summed E-state index contributed by atoms with van der Waals surface area (Å²) in [6, 6.07) is 16.1. The van der Waals surface area contributed by atoms with Gasteiger partial charge in [0.05, 0.1) is 21.2 Å². The van der Waals surface area contributed by atoms with Crippen molar-refractivity contribution in [2.45, 2.75) is 15.0 Å². The van der Waals surface area contributed by atoms with Crippen LogP contribution in [0.2, 0.25) is 0 Å². The van der Waals surface area contributed by atoms with E-state index in [2.05, 4.69) is 4.98 Å². The van der Waals surface area contributed by atoms with Crippen LogP contribution in [0.1, 0.15) is 5.56 Å². The molecule has 0 saturated heterocycles. The van der Waals surface area contributed by atoms with Gasteiger partial charge in [-0.2, -0.15) is 0 Å². The maximum absolute atomic E-state index is 13.4. The number of aromatic nitrogens is 1. The predicted octanol–water partition coefficient (Wildman–Crippen LogP) is 4.38. The number of halogens is 2. The number of benzene rings is 3. The first kappa shape index (κ1) is 23.2. The molecule has 0 saturated carbocycles. The molecule has 1 heterocycles. The van der Waals surface area contributed by atoms with Crippen LogP contribution < -0.4 is 5.14 Å². The quantitative estimate of drug-likeness (QED) is 0.418. The highest BCUT2D eigenvalue weighted by atomic mass is 32.2. The number of primary sulfonamides is 1. The molecule has 0 radical (unpaired) electrons. The first-order valence-corrected chi connectivity index (χ1v) is 13.4. The van der Waals surface area contributed by atoms with Crippen molar-refractivity contribution in [2.75, 3.05) is 0 Å². The molecule has 170 valence electrons. The van der Waals surface area contributed by atoms with Gasteiger partial charge in [0.25, 0.3) is 0 Å². The van der Waals surface area contributed by atoms with Gasteiger partial charge in [0.2, 0.25) is 24.2 Å². The first-order chi connectivity index (χ1) is 15.5.